The number of nitro groups is 1. The van der Waals surface area contributed by atoms with Gasteiger partial charge in [0.25, 0.3) is 11.6 Å². The molecule has 0 N–H and O–H groups in total. The van der Waals surface area contributed by atoms with Gasteiger partial charge in [0, 0.05) is 24.2 Å². The van der Waals surface area contributed by atoms with Crippen molar-refractivity contribution in [1.29, 1.82) is 0 Å². The van der Waals surface area contributed by atoms with Gasteiger partial charge < -0.3 is 9.30 Å². The number of non-ortho nitro benzene ring substituents is 1. The number of nitrogens with zero attached hydrogens (tertiary/aromatic N) is 3. The highest BCUT2D eigenvalue weighted by Gasteiger charge is 2.13. The van der Waals surface area contributed by atoms with Crippen LogP contribution in [0, 0.1) is 15.9 Å². The van der Waals surface area contributed by atoms with E-state index in [0.717, 1.165) is 11.3 Å². The van der Waals surface area contributed by atoms with Gasteiger partial charge in [0.15, 0.2) is 4.80 Å². The van der Waals surface area contributed by atoms with Crippen molar-refractivity contribution >= 4 is 39.1 Å². The Balaban J connectivity index is 2.03. The zero-order valence-corrected chi connectivity index (χ0v) is 15.4. The monoisotopic (exact) mass is 403 g/mol. The predicted molar refractivity (Wildman–Crippen MR) is 99.4 cm³/mol. The Labute approximate surface area is 161 Å². The van der Waals surface area contributed by atoms with E-state index in [1.165, 1.54) is 43.5 Å². The molecular weight excluding hydrogens is 389 g/mol. The molecule has 10 heteroatoms. The zero-order valence-electron chi connectivity index (χ0n) is 14.6. The predicted octanol–water partition coefficient (Wildman–Crippen LogP) is 3.05. The van der Waals surface area contributed by atoms with Gasteiger partial charge >= 0.3 is 5.97 Å². The van der Waals surface area contributed by atoms with E-state index in [-0.39, 0.29) is 29.0 Å². The minimum atomic E-state index is -0.603. The number of carbonyl (C=O) groups excluding carboxylic acids is 2. The van der Waals surface area contributed by atoms with Gasteiger partial charge in [-0.1, -0.05) is 11.3 Å². The first kappa shape index (κ1) is 19.4. The van der Waals surface area contributed by atoms with E-state index < -0.39 is 22.6 Å². The summed E-state index contributed by atoms with van der Waals surface area (Å²) >= 11 is 1.10. The lowest BCUT2D eigenvalue weighted by atomic mass is 10.2. The molecular formula is C18H14FN3O5S. The molecule has 1 aromatic heterocycles. The van der Waals surface area contributed by atoms with E-state index in [1.807, 2.05) is 0 Å². The van der Waals surface area contributed by atoms with E-state index >= 15 is 0 Å². The molecule has 0 saturated carbocycles. The molecule has 144 valence electrons. The standard InChI is InChI=1S/C18H14FN3O5S/c1-27-16(23)8-9-21-14-7-4-12(19)10-15(14)28-18(21)20-17(24)11-2-5-13(6-3-11)22(25)26/h2-7,10H,8-9H2,1H3. The van der Waals surface area contributed by atoms with Crippen molar-refractivity contribution < 1.29 is 23.6 Å². The van der Waals surface area contributed by atoms with Crippen LogP contribution in [0.5, 0.6) is 0 Å². The van der Waals surface area contributed by atoms with Crippen LogP contribution in [-0.2, 0) is 16.1 Å². The number of thiazole rings is 1. The minimum Gasteiger partial charge on any atom is -0.469 e. The number of aromatic nitrogens is 1. The number of carbonyl (C=O) groups is 2. The summed E-state index contributed by atoms with van der Waals surface area (Å²) in [6, 6.07) is 9.22. The number of aryl methyl sites for hydroxylation is 1. The second-order valence-electron chi connectivity index (χ2n) is 5.70. The highest BCUT2D eigenvalue weighted by atomic mass is 32.1. The minimum absolute atomic E-state index is 0.0542. The van der Waals surface area contributed by atoms with Crippen molar-refractivity contribution in [2.75, 3.05) is 7.11 Å². The molecule has 2 aromatic carbocycles. The van der Waals surface area contributed by atoms with Crippen LogP contribution in [-0.4, -0.2) is 28.5 Å². The quantitative estimate of drug-likeness (QED) is 0.370. The zero-order chi connectivity index (χ0) is 20.3. The maximum atomic E-state index is 13.5. The van der Waals surface area contributed by atoms with Crippen LogP contribution >= 0.6 is 11.3 Å². The van der Waals surface area contributed by atoms with E-state index in [2.05, 4.69) is 9.73 Å². The van der Waals surface area contributed by atoms with E-state index in [4.69, 9.17) is 0 Å². The summed E-state index contributed by atoms with van der Waals surface area (Å²) in [6.45, 7) is 0.199. The van der Waals surface area contributed by atoms with Crippen molar-refractivity contribution in [3.8, 4) is 0 Å². The lowest BCUT2D eigenvalue weighted by molar-refractivity contribution is -0.384. The van der Waals surface area contributed by atoms with Crippen LogP contribution in [0.25, 0.3) is 10.2 Å². The highest BCUT2D eigenvalue weighted by molar-refractivity contribution is 7.16. The highest BCUT2D eigenvalue weighted by Crippen LogP contribution is 2.19. The van der Waals surface area contributed by atoms with Gasteiger partial charge in [-0.25, -0.2) is 4.39 Å². The van der Waals surface area contributed by atoms with Crippen molar-refractivity contribution in [3.63, 3.8) is 0 Å². The molecule has 0 spiro atoms. The van der Waals surface area contributed by atoms with E-state index in [0.29, 0.717) is 10.2 Å². The summed E-state index contributed by atoms with van der Waals surface area (Å²) in [5, 5.41) is 10.7. The smallest absolute Gasteiger partial charge is 0.307 e. The number of amides is 1. The Morgan fingerprint density at radius 2 is 1.96 bits per heavy atom. The third-order valence-corrected chi connectivity index (χ3v) is 4.98. The molecule has 0 radical (unpaired) electrons. The molecule has 1 heterocycles. The third-order valence-electron chi connectivity index (χ3n) is 3.93. The molecule has 0 unspecified atom stereocenters. The number of rotatable bonds is 5. The first-order valence-corrected chi connectivity index (χ1v) is 8.90. The molecule has 3 aromatic rings. The fourth-order valence-corrected chi connectivity index (χ4v) is 3.61. The van der Waals surface area contributed by atoms with Crippen LogP contribution in [0.1, 0.15) is 16.8 Å². The Kier molecular flexibility index (Phi) is 5.59. The summed E-state index contributed by atoms with van der Waals surface area (Å²) in [6.07, 6.45) is 0.0542. The summed E-state index contributed by atoms with van der Waals surface area (Å²) < 4.78 is 20.4. The van der Waals surface area contributed by atoms with Gasteiger partial charge in [0.1, 0.15) is 5.82 Å². The van der Waals surface area contributed by atoms with Crippen molar-refractivity contribution in [2.45, 2.75) is 13.0 Å². The molecule has 0 bridgehead atoms. The molecule has 3 rings (SSSR count). The number of halogens is 1. The largest absolute Gasteiger partial charge is 0.469 e. The van der Waals surface area contributed by atoms with E-state index in [1.54, 1.807) is 10.6 Å². The summed E-state index contributed by atoms with van der Waals surface area (Å²) in [5.41, 5.74) is 0.668. The third kappa shape index (κ3) is 4.12. The lowest BCUT2D eigenvalue weighted by Crippen LogP contribution is -2.19. The number of ether oxygens (including phenoxy) is 1. The SMILES string of the molecule is COC(=O)CCn1c(=NC(=O)c2ccc([N+](=O)[O-])cc2)sc2cc(F)ccc21. The Morgan fingerprint density at radius 3 is 2.61 bits per heavy atom. The molecule has 0 aliphatic rings. The molecule has 0 aliphatic heterocycles. The molecule has 8 nitrogen and oxygen atoms in total. The number of nitro benzene ring substituents is 1. The Morgan fingerprint density at radius 1 is 1.25 bits per heavy atom. The van der Waals surface area contributed by atoms with Gasteiger partial charge in [-0.05, 0) is 30.3 Å². The number of esters is 1. The van der Waals surface area contributed by atoms with Crippen LogP contribution in [0.4, 0.5) is 10.1 Å². The molecule has 28 heavy (non-hydrogen) atoms. The first-order valence-electron chi connectivity index (χ1n) is 8.08. The van der Waals surface area contributed by atoms with Crippen molar-refractivity contribution in [3.05, 3.63) is 68.8 Å². The van der Waals surface area contributed by atoms with Gasteiger partial charge in [0.2, 0.25) is 0 Å². The van der Waals surface area contributed by atoms with Crippen LogP contribution in [0.2, 0.25) is 0 Å². The van der Waals surface area contributed by atoms with Gasteiger partial charge in [-0.15, -0.1) is 0 Å². The molecule has 0 fully saturated rings. The number of hydrogen-bond acceptors (Lipinski definition) is 6. The fraction of sp³-hybridized carbons (Fsp3) is 0.167. The van der Waals surface area contributed by atoms with Gasteiger partial charge in [-0.2, -0.15) is 4.99 Å². The fourth-order valence-electron chi connectivity index (χ4n) is 2.53. The first-order chi connectivity index (χ1) is 13.4. The Hall–Kier alpha value is -3.40. The number of hydrogen-bond donors (Lipinski definition) is 0. The van der Waals surface area contributed by atoms with Gasteiger partial charge in [-0.3, -0.25) is 19.7 Å². The van der Waals surface area contributed by atoms with Gasteiger partial charge in [0.05, 0.1) is 28.7 Å². The maximum absolute atomic E-state index is 13.5. The van der Waals surface area contributed by atoms with Crippen molar-refractivity contribution in [1.82, 2.24) is 4.57 Å². The second kappa shape index (κ2) is 8.09. The van der Waals surface area contributed by atoms with Crippen LogP contribution in [0.15, 0.2) is 47.5 Å². The molecule has 0 saturated heterocycles. The summed E-state index contributed by atoms with van der Waals surface area (Å²) in [4.78, 5) is 38.5. The number of benzene rings is 2. The molecule has 0 atom stereocenters. The summed E-state index contributed by atoms with van der Waals surface area (Å²) in [7, 11) is 1.28. The number of fused-ring (bicyclic) bond motifs is 1. The van der Waals surface area contributed by atoms with Crippen LogP contribution < -0.4 is 4.80 Å². The Bertz CT molecular complexity index is 1130. The van der Waals surface area contributed by atoms with E-state index in [9.17, 15) is 24.1 Å². The second-order valence-corrected chi connectivity index (χ2v) is 6.70. The molecule has 1 amide bonds. The van der Waals surface area contributed by atoms with Crippen LogP contribution in [0.3, 0.4) is 0 Å². The average molecular weight is 403 g/mol. The molecule has 0 aliphatic carbocycles. The van der Waals surface area contributed by atoms with Crippen molar-refractivity contribution in [2.24, 2.45) is 4.99 Å². The lowest BCUT2D eigenvalue weighted by Gasteiger charge is -2.04. The number of methoxy groups -OCH3 is 1. The maximum Gasteiger partial charge on any atom is 0.307 e. The topological polar surface area (TPSA) is 104 Å². The average Bonchev–Trinajstić information content (AvgIpc) is 3.01. The summed E-state index contributed by atoms with van der Waals surface area (Å²) in [5.74, 6) is -1.46. The normalized spacial score (nSPS) is 11.6.